The lowest BCUT2D eigenvalue weighted by atomic mass is 10.2. The van der Waals surface area contributed by atoms with Gasteiger partial charge in [0.1, 0.15) is 17.3 Å². The molecule has 2 N–H and O–H groups in total. The van der Waals surface area contributed by atoms with E-state index in [0.29, 0.717) is 5.56 Å². The molecule has 0 amide bonds. The summed E-state index contributed by atoms with van der Waals surface area (Å²) in [6.07, 6.45) is 0.830. The second-order valence-corrected chi connectivity index (χ2v) is 7.34. The first-order valence-electron chi connectivity index (χ1n) is 6.44. The average molecular weight is 327 g/mol. The third-order valence-corrected chi connectivity index (χ3v) is 5.72. The number of aliphatic hydroxyl groups is 1. The summed E-state index contributed by atoms with van der Waals surface area (Å²) < 4.78 is 32.8. The maximum Gasteiger partial charge on any atom is 0.244 e. The Bertz CT molecular complexity index is 655. The Hall–Kier alpha value is -1.20. The predicted molar refractivity (Wildman–Crippen MR) is 83.0 cm³/mol. The first-order valence-corrected chi connectivity index (χ1v) is 9.08. The van der Waals surface area contributed by atoms with E-state index in [4.69, 9.17) is 9.84 Å². The van der Waals surface area contributed by atoms with Crippen molar-refractivity contribution < 1.29 is 18.3 Å². The molecule has 0 saturated carbocycles. The third-order valence-electron chi connectivity index (χ3n) is 3.02. The zero-order valence-corrected chi connectivity index (χ0v) is 13.3. The van der Waals surface area contributed by atoms with E-state index in [1.54, 1.807) is 23.9 Å². The van der Waals surface area contributed by atoms with E-state index in [1.165, 1.54) is 13.2 Å². The maximum absolute atomic E-state index is 12.5. The Morgan fingerprint density at radius 2 is 2.33 bits per heavy atom. The monoisotopic (exact) mass is 327 g/mol. The van der Waals surface area contributed by atoms with E-state index >= 15 is 0 Å². The summed E-state index contributed by atoms with van der Waals surface area (Å²) >= 11 is 1.73. The lowest BCUT2D eigenvalue weighted by molar-refractivity contribution is 0.350. The SMILES string of the molecule is COc1ccc(C#CCO)cc1S(=O)(=O)NC1CCSC1. The molecular formula is C14H17NO4S2. The van der Waals surface area contributed by atoms with Crippen LogP contribution in [0.3, 0.4) is 0 Å². The van der Waals surface area contributed by atoms with Gasteiger partial charge in [-0.2, -0.15) is 11.8 Å². The van der Waals surface area contributed by atoms with Gasteiger partial charge < -0.3 is 9.84 Å². The number of hydrogen-bond acceptors (Lipinski definition) is 5. The van der Waals surface area contributed by atoms with Crippen LogP contribution in [0.25, 0.3) is 0 Å². The molecule has 114 valence electrons. The summed E-state index contributed by atoms with van der Waals surface area (Å²) in [6.45, 7) is -0.272. The van der Waals surface area contributed by atoms with Gasteiger partial charge >= 0.3 is 0 Å². The summed E-state index contributed by atoms with van der Waals surface area (Å²) in [7, 11) is -2.22. The van der Waals surface area contributed by atoms with Gasteiger partial charge in [0.2, 0.25) is 10.0 Å². The van der Waals surface area contributed by atoms with Crippen molar-refractivity contribution in [1.29, 1.82) is 0 Å². The number of ether oxygens (including phenoxy) is 1. The highest BCUT2D eigenvalue weighted by molar-refractivity contribution is 7.99. The first-order chi connectivity index (χ1) is 10.1. The lowest BCUT2D eigenvalue weighted by Crippen LogP contribution is -2.34. The smallest absolute Gasteiger partial charge is 0.244 e. The van der Waals surface area contributed by atoms with Crippen LogP contribution in [0, 0.1) is 11.8 Å². The van der Waals surface area contributed by atoms with Crippen molar-refractivity contribution >= 4 is 21.8 Å². The van der Waals surface area contributed by atoms with Crippen molar-refractivity contribution in [3.63, 3.8) is 0 Å². The molecule has 1 aliphatic heterocycles. The zero-order valence-electron chi connectivity index (χ0n) is 11.6. The van der Waals surface area contributed by atoms with Crippen LogP contribution in [0.2, 0.25) is 0 Å². The second-order valence-electron chi connectivity index (χ2n) is 4.51. The molecule has 1 aliphatic rings. The first kappa shape index (κ1) is 16.2. The zero-order chi connectivity index (χ0) is 15.3. The minimum Gasteiger partial charge on any atom is -0.495 e. The molecule has 0 spiro atoms. The number of rotatable bonds is 4. The largest absolute Gasteiger partial charge is 0.495 e. The number of hydrogen-bond donors (Lipinski definition) is 2. The fraction of sp³-hybridized carbons (Fsp3) is 0.429. The summed E-state index contributed by atoms with van der Waals surface area (Å²) in [6, 6.07) is 4.65. The number of aliphatic hydroxyl groups excluding tert-OH is 1. The molecule has 0 aromatic heterocycles. The molecular weight excluding hydrogens is 310 g/mol. The van der Waals surface area contributed by atoms with Crippen LogP contribution in [0.1, 0.15) is 12.0 Å². The fourth-order valence-electron chi connectivity index (χ4n) is 2.02. The number of sulfonamides is 1. The van der Waals surface area contributed by atoms with E-state index in [0.717, 1.165) is 17.9 Å². The number of thioether (sulfide) groups is 1. The quantitative estimate of drug-likeness (QED) is 0.801. The summed E-state index contributed by atoms with van der Waals surface area (Å²) in [5.74, 6) is 7.23. The van der Waals surface area contributed by atoms with Gasteiger partial charge in [0, 0.05) is 17.4 Å². The van der Waals surface area contributed by atoms with Gasteiger partial charge in [-0.25, -0.2) is 13.1 Å². The topological polar surface area (TPSA) is 75.6 Å². The fourth-order valence-corrected chi connectivity index (χ4v) is 4.74. The van der Waals surface area contributed by atoms with E-state index in [9.17, 15) is 8.42 Å². The van der Waals surface area contributed by atoms with E-state index < -0.39 is 10.0 Å². The molecule has 2 rings (SSSR count). The van der Waals surface area contributed by atoms with Crippen LogP contribution in [-0.4, -0.2) is 44.8 Å². The standard InChI is InChI=1S/C14H17NO4S2/c1-19-13-5-4-11(3-2-7-16)9-14(13)21(17,18)15-12-6-8-20-10-12/h4-5,9,12,15-16H,6-8,10H2,1H3. The number of methoxy groups -OCH3 is 1. The van der Waals surface area contributed by atoms with E-state index in [1.807, 2.05) is 0 Å². The van der Waals surface area contributed by atoms with Gasteiger partial charge in [0.05, 0.1) is 7.11 Å². The van der Waals surface area contributed by atoms with Gasteiger partial charge in [-0.1, -0.05) is 11.8 Å². The maximum atomic E-state index is 12.5. The summed E-state index contributed by atoms with van der Waals surface area (Å²) in [5.41, 5.74) is 0.519. The predicted octanol–water partition coefficient (Wildman–Crippen LogP) is 0.823. The van der Waals surface area contributed by atoms with Gasteiger partial charge in [0.25, 0.3) is 0 Å². The molecule has 1 unspecified atom stereocenters. The van der Waals surface area contributed by atoms with Crippen molar-refractivity contribution in [2.45, 2.75) is 17.4 Å². The minimum atomic E-state index is -3.65. The Balaban J connectivity index is 2.34. The molecule has 1 atom stereocenters. The molecule has 0 aliphatic carbocycles. The van der Waals surface area contributed by atoms with Crippen molar-refractivity contribution in [2.75, 3.05) is 25.2 Å². The van der Waals surface area contributed by atoms with Crippen LogP contribution in [0.4, 0.5) is 0 Å². The Kier molecular flexibility index (Phi) is 5.53. The molecule has 21 heavy (non-hydrogen) atoms. The molecule has 1 fully saturated rings. The molecule has 0 radical (unpaired) electrons. The van der Waals surface area contributed by atoms with Gasteiger partial charge in [-0.15, -0.1) is 0 Å². The summed E-state index contributed by atoms with van der Waals surface area (Å²) in [4.78, 5) is 0.0756. The second kappa shape index (κ2) is 7.18. The van der Waals surface area contributed by atoms with Crippen LogP contribution < -0.4 is 9.46 Å². The molecule has 7 heteroatoms. The molecule has 1 heterocycles. The highest BCUT2D eigenvalue weighted by Crippen LogP contribution is 2.26. The molecule has 5 nitrogen and oxygen atoms in total. The molecule has 1 aromatic carbocycles. The highest BCUT2D eigenvalue weighted by atomic mass is 32.2. The van der Waals surface area contributed by atoms with Gasteiger partial charge in [-0.3, -0.25) is 0 Å². The molecule has 0 bridgehead atoms. The average Bonchev–Trinajstić information content (AvgIpc) is 2.97. The number of nitrogens with one attached hydrogen (secondary N) is 1. The van der Waals surface area contributed by atoms with Crippen molar-refractivity contribution in [3.8, 4) is 17.6 Å². The van der Waals surface area contributed by atoms with Crippen molar-refractivity contribution in [1.82, 2.24) is 4.72 Å². The minimum absolute atomic E-state index is 0.0445. The van der Waals surface area contributed by atoms with Crippen LogP contribution >= 0.6 is 11.8 Å². The number of benzene rings is 1. The normalized spacial score (nSPS) is 18.1. The third kappa shape index (κ3) is 4.14. The summed E-state index contributed by atoms with van der Waals surface area (Å²) in [5, 5.41) is 8.72. The van der Waals surface area contributed by atoms with Crippen molar-refractivity contribution in [3.05, 3.63) is 23.8 Å². The van der Waals surface area contributed by atoms with E-state index in [-0.39, 0.29) is 23.3 Å². The Morgan fingerprint density at radius 3 is 2.95 bits per heavy atom. The van der Waals surface area contributed by atoms with E-state index in [2.05, 4.69) is 16.6 Å². The van der Waals surface area contributed by atoms with Crippen molar-refractivity contribution in [2.24, 2.45) is 0 Å². The van der Waals surface area contributed by atoms with Gasteiger partial charge in [-0.05, 0) is 30.4 Å². The highest BCUT2D eigenvalue weighted by Gasteiger charge is 2.26. The Morgan fingerprint density at radius 1 is 1.52 bits per heavy atom. The van der Waals surface area contributed by atoms with Crippen LogP contribution in [-0.2, 0) is 10.0 Å². The lowest BCUT2D eigenvalue weighted by Gasteiger charge is -2.14. The molecule has 1 saturated heterocycles. The van der Waals surface area contributed by atoms with Crippen LogP contribution in [0.15, 0.2) is 23.1 Å². The molecule has 1 aromatic rings. The van der Waals surface area contributed by atoms with Gasteiger partial charge in [0.15, 0.2) is 0 Å². The Labute approximate surface area is 129 Å². The van der Waals surface area contributed by atoms with Crippen LogP contribution in [0.5, 0.6) is 5.75 Å².